The lowest BCUT2D eigenvalue weighted by atomic mass is 10.1. The number of methoxy groups -OCH3 is 1. The van der Waals surface area contributed by atoms with Crippen LogP contribution in [0.15, 0.2) is 18.2 Å². The molecule has 0 aromatic heterocycles. The van der Waals surface area contributed by atoms with Gasteiger partial charge in [-0.05, 0) is 24.6 Å². The maximum Gasteiger partial charge on any atom is 0.326 e. The van der Waals surface area contributed by atoms with Gasteiger partial charge in [-0.2, -0.15) is 0 Å². The largest absolute Gasteiger partial charge is 0.496 e. The number of ether oxygens (including phenoxy) is 1. The standard InChI is InChI=1S/C12H14ClNO4/c1-3-9(12(16)17)14-11(15)8-6-7(13)4-5-10(8)18-2/h4-6,9H,3H2,1-2H3,(H,14,15)(H,16,17)/t9-/m1/s1. The third kappa shape index (κ3) is 3.37. The molecule has 98 valence electrons. The topological polar surface area (TPSA) is 75.6 Å². The van der Waals surface area contributed by atoms with Crippen molar-refractivity contribution in [2.45, 2.75) is 19.4 Å². The molecule has 1 atom stereocenters. The van der Waals surface area contributed by atoms with Crippen LogP contribution in [0.1, 0.15) is 23.7 Å². The molecule has 0 unspecified atom stereocenters. The van der Waals surface area contributed by atoms with E-state index in [2.05, 4.69) is 5.32 Å². The quantitative estimate of drug-likeness (QED) is 0.858. The smallest absolute Gasteiger partial charge is 0.326 e. The molecule has 0 aliphatic rings. The molecule has 0 saturated heterocycles. The van der Waals surface area contributed by atoms with E-state index in [4.69, 9.17) is 21.4 Å². The molecule has 0 fully saturated rings. The van der Waals surface area contributed by atoms with Gasteiger partial charge in [-0.1, -0.05) is 18.5 Å². The Morgan fingerprint density at radius 1 is 1.50 bits per heavy atom. The van der Waals surface area contributed by atoms with Crippen molar-refractivity contribution < 1.29 is 19.4 Å². The fraction of sp³-hybridized carbons (Fsp3) is 0.333. The Morgan fingerprint density at radius 2 is 2.17 bits per heavy atom. The van der Waals surface area contributed by atoms with Crippen LogP contribution >= 0.6 is 11.6 Å². The summed E-state index contributed by atoms with van der Waals surface area (Å²) in [7, 11) is 1.43. The molecule has 1 aromatic rings. The summed E-state index contributed by atoms with van der Waals surface area (Å²) < 4.78 is 5.03. The summed E-state index contributed by atoms with van der Waals surface area (Å²) >= 11 is 5.80. The third-order valence-electron chi connectivity index (χ3n) is 2.42. The van der Waals surface area contributed by atoms with Gasteiger partial charge in [0.15, 0.2) is 0 Å². The molecule has 1 amide bonds. The van der Waals surface area contributed by atoms with E-state index in [1.807, 2.05) is 0 Å². The van der Waals surface area contributed by atoms with Crippen LogP contribution in [0.2, 0.25) is 5.02 Å². The maximum atomic E-state index is 11.9. The number of benzene rings is 1. The first-order valence-electron chi connectivity index (χ1n) is 5.36. The minimum absolute atomic E-state index is 0.213. The zero-order chi connectivity index (χ0) is 13.7. The van der Waals surface area contributed by atoms with Crippen LogP contribution in [0.3, 0.4) is 0 Å². The number of nitrogens with one attached hydrogen (secondary N) is 1. The zero-order valence-electron chi connectivity index (χ0n) is 10.1. The van der Waals surface area contributed by atoms with E-state index in [0.29, 0.717) is 17.2 Å². The number of carboxylic acid groups (broad SMARTS) is 1. The summed E-state index contributed by atoms with van der Waals surface area (Å²) in [6, 6.07) is 3.65. The van der Waals surface area contributed by atoms with Gasteiger partial charge in [-0.25, -0.2) is 4.79 Å². The van der Waals surface area contributed by atoms with Crippen molar-refractivity contribution in [2.24, 2.45) is 0 Å². The first-order valence-corrected chi connectivity index (χ1v) is 5.74. The first kappa shape index (κ1) is 14.3. The lowest BCUT2D eigenvalue weighted by Gasteiger charge is -2.14. The van der Waals surface area contributed by atoms with E-state index in [-0.39, 0.29) is 5.56 Å². The lowest BCUT2D eigenvalue weighted by molar-refractivity contribution is -0.139. The minimum Gasteiger partial charge on any atom is -0.496 e. The van der Waals surface area contributed by atoms with Crippen molar-refractivity contribution in [3.63, 3.8) is 0 Å². The second-order valence-electron chi connectivity index (χ2n) is 3.62. The minimum atomic E-state index is -1.08. The van der Waals surface area contributed by atoms with Crippen molar-refractivity contribution in [3.8, 4) is 5.75 Å². The molecule has 0 aliphatic heterocycles. The van der Waals surface area contributed by atoms with Crippen LogP contribution in [0, 0.1) is 0 Å². The summed E-state index contributed by atoms with van der Waals surface area (Å²) in [5, 5.41) is 11.7. The Balaban J connectivity index is 2.96. The Hall–Kier alpha value is -1.75. The molecule has 5 nitrogen and oxygen atoms in total. The van der Waals surface area contributed by atoms with Crippen molar-refractivity contribution in [1.82, 2.24) is 5.32 Å². The van der Waals surface area contributed by atoms with Gasteiger partial charge < -0.3 is 15.2 Å². The van der Waals surface area contributed by atoms with E-state index < -0.39 is 17.9 Å². The Labute approximate surface area is 110 Å². The normalized spacial score (nSPS) is 11.7. The Kier molecular flexibility index (Phi) is 4.97. The molecule has 1 aromatic carbocycles. The predicted molar refractivity (Wildman–Crippen MR) is 67.2 cm³/mol. The molecular formula is C12H14ClNO4. The number of hydrogen-bond acceptors (Lipinski definition) is 3. The van der Waals surface area contributed by atoms with Gasteiger partial charge in [-0.3, -0.25) is 4.79 Å². The molecule has 2 N–H and O–H groups in total. The van der Waals surface area contributed by atoms with Gasteiger partial charge in [0.1, 0.15) is 11.8 Å². The van der Waals surface area contributed by atoms with Crippen LogP contribution in [0.25, 0.3) is 0 Å². The number of carboxylic acids is 1. The SMILES string of the molecule is CC[C@@H](NC(=O)c1cc(Cl)ccc1OC)C(=O)O. The number of amides is 1. The molecule has 6 heteroatoms. The molecule has 0 saturated carbocycles. The molecule has 0 radical (unpaired) electrons. The lowest BCUT2D eigenvalue weighted by Crippen LogP contribution is -2.40. The highest BCUT2D eigenvalue weighted by molar-refractivity contribution is 6.31. The highest BCUT2D eigenvalue weighted by Crippen LogP contribution is 2.22. The van der Waals surface area contributed by atoms with Gasteiger partial charge in [-0.15, -0.1) is 0 Å². The van der Waals surface area contributed by atoms with Crippen LogP contribution in [0.5, 0.6) is 5.75 Å². The maximum absolute atomic E-state index is 11.9. The summed E-state index contributed by atoms with van der Waals surface area (Å²) in [6.07, 6.45) is 0.296. The summed E-state index contributed by atoms with van der Waals surface area (Å²) in [4.78, 5) is 22.8. The number of hydrogen-bond donors (Lipinski definition) is 2. The van der Waals surface area contributed by atoms with Crippen LogP contribution in [-0.2, 0) is 4.79 Å². The molecule has 0 heterocycles. The van der Waals surface area contributed by atoms with Crippen molar-refractivity contribution in [3.05, 3.63) is 28.8 Å². The summed E-state index contributed by atoms with van der Waals surface area (Å²) in [6.45, 7) is 1.67. The molecule has 0 bridgehead atoms. The summed E-state index contributed by atoms with van der Waals surface area (Å²) in [5.41, 5.74) is 0.213. The van der Waals surface area contributed by atoms with Crippen molar-refractivity contribution in [2.75, 3.05) is 7.11 Å². The van der Waals surface area contributed by atoms with Crippen LogP contribution in [0.4, 0.5) is 0 Å². The first-order chi connectivity index (χ1) is 8.49. The van der Waals surface area contributed by atoms with E-state index in [9.17, 15) is 9.59 Å². The molecular weight excluding hydrogens is 258 g/mol. The van der Waals surface area contributed by atoms with Crippen molar-refractivity contribution in [1.29, 1.82) is 0 Å². The fourth-order valence-electron chi connectivity index (χ4n) is 1.43. The number of carbonyl (C=O) groups excluding carboxylic acids is 1. The molecule has 0 aliphatic carbocycles. The van der Waals surface area contributed by atoms with Crippen molar-refractivity contribution >= 4 is 23.5 Å². The van der Waals surface area contributed by atoms with E-state index in [1.54, 1.807) is 19.1 Å². The highest BCUT2D eigenvalue weighted by Gasteiger charge is 2.20. The number of halogens is 1. The Morgan fingerprint density at radius 3 is 2.67 bits per heavy atom. The van der Waals surface area contributed by atoms with Gasteiger partial charge in [0.2, 0.25) is 0 Å². The van der Waals surface area contributed by atoms with E-state index >= 15 is 0 Å². The Bertz CT molecular complexity index is 461. The molecule has 1 rings (SSSR count). The van der Waals surface area contributed by atoms with Crippen LogP contribution < -0.4 is 10.1 Å². The number of carbonyl (C=O) groups is 2. The monoisotopic (exact) mass is 271 g/mol. The van der Waals surface area contributed by atoms with Gasteiger partial charge in [0, 0.05) is 5.02 Å². The predicted octanol–water partition coefficient (Wildman–Crippen LogP) is 1.94. The van der Waals surface area contributed by atoms with Crippen LogP contribution in [-0.4, -0.2) is 30.1 Å². The number of aliphatic carboxylic acids is 1. The molecule has 18 heavy (non-hydrogen) atoms. The van der Waals surface area contributed by atoms with Gasteiger partial charge >= 0.3 is 5.97 Å². The summed E-state index contributed by atoms with van der Waals surface area (Å²) in [5.74, 6) is -1.26. The third-order valence-corrected chi connectivity index (χ3v) is 2.65. The second kappa shape index (κ2) is 6.26. The zero-order valence-corrected chi connectivity index (χ0v) is 10.8. The average Bonchev–Trinajstić information content (AvgIpc) is 2.35. The second-order valence-corrected chi connectivity index (χ2v) is 4.05. The fourth-order valence-corrected chi connectivity index (χ4v) is 1.60. The van der Waals surface area contributed by atoms with E-state index in [0.717, 1.165) is 0 Å². The highest BCUT2D eigenvalue weighted by atomic mass is 35.5. The number of rotatable bonds is 5. The van der Waals surface area contributed by atoms with Gasteiger partial charge in [0.05, 0.1) is 12.7 Å². The molecule has 0 spiro atoms. The average molecular weight is 272 g/mol. The van der Waals surface area contributed by atoms with Gasteiger partial charge in [0.25, 0.3) is 5.91 Å². The van der Waals surface area contributed by atoms with E-state index in [1.165, 1.54) is 13.2 Å².